The van der Waals surface area contributed by atoms with Crippen LogP contribution in [0, 0.1) is 0 Å². The van der Waals surface area contributed by atoms with Crippen molar-refractivity contribution in [1.29, 1.82) is 0 Å². The Hall–Kier alpha value is -0.900. The predicted molar refractivity (Wildman–Crippen MR) is 62.3 cm³/mol. The molecule has 1 rings (SSSR count). The molecule has 0 spiro atoms. The van der Waals surface area contributed by atoms with Crippen LogP contribution in [0.15, 0.2) is 18.3 Å². The standard InChI is InChI=1S/C10H16N2OS/c1-8(14-3)7-12-10-9(13-2)5-4-6-11-10/h4-6,8H,7H2,1-3H3,(H,11,12). The van der Waals surface area contributed by atoms with Crippen molar-refractivity contribution >= 4 is 17.6 Å². The maximum Gasteiger partial charge on any atom is 0.168 e. The Labute approximate surface area is 89.3 Å². The van der Waals surface area contributed by atoms with Crippen molar-refractivity contribution in [2.24, 2.45) is 0 Å². The number of thioether (sulfide) groups is 1. The van der Waals surface area contributed by atoms with Crippen molar-refractivity contribution in [3.63, 3.8) is 0 Å². The first-order valence-electron chi connectivity index (χ1n) is 4.53. The van der Waals surface area contributed by atoms with Crippen LogP contribution in [0.2, 0.25) is 0 Å². The highest BCUT2D eigenvalue weighted by Gasteiger charge is 2.04. The number of methoxy groups -OCH3 is 1. The van der Waals surface area contributed by atoms with Gasteiger partial charge in [-0.25, -0.2) is 4.98 Å². The van der Waals surface area contributed by atoms with Gasteiger partial charge in [0.15, 0.2) is 11.6 Å². The lowest BCUT2D eigenvalue weighted by atomic mass is 10.4. The Morgan fingerprint density at radius 3 is 3.07 bits per heavy atom. The van der Waals surface area contributed by atoms with E-state index in [1.807, 2.05) is 23.9 Å². The summed E-state index contributed by atoms with van der Waals surface area (Å²) < 4.78 is 5.18. The Balaban J connectivity index is 2.57. The molecule has 1 unspecified atom stereocenters. The predicted octanol–water partition coefficient (Wildman–Crippen LogP) is 2.25. The number of pyridine rings is 1. The highest BCUT2D eigenvalue weighted by Crippen LogP contribution is 2.20. The van der Waals surface area contributed by atoms with E-state index in [9.17, 15) is 0 Å². The molecule has 14 heavy (non-hydrogen) atoms. The van der Waals surface area contributed by atoms with Gasteiger partial charge in [-0.2, -0.15) is 11.8 Å². The summed E-state index contributed by atoms with van der Waals surface area (Å²) in [4.78, 5) is 4.21. The van der Waals surface area contributed by atoms with Gasteiger partial charge in [-0.05, 0) is 18.4 Å². The highest BCUT2D eigenvalue weighted by molar-refractivity contribution is 7.99. The molecule has 0 aromatic carbocycles. The molecule has 4 heteroatoms. The Morgan fingerprint density at radius 2 is 2.43 bits per heavy atom. The summed E-state index contributed by atoms with van der Waals surface area (Å²) in [5, 5.41) is 3.83. The lowest BCUT2D eigenvalue weighted by Gasteiger charge is -2.12. The number of hydrogen-bond acceptors (Lipinski definition) is 4. The second-order valence-electron chi connectivity index (χ2n) is 2.98. The van der Waals surface area contributed by atoms with Gasteiger partial charge in [0.1, 0.15) is 0 Å². The van der Waals surface area contributed by atoms with Gasteiger partial charge in [-0.1, -0.05) is 6.92 Å². The van der Waals surface area contributed by atoms with Crippen molar-refractivity contribution < 1.29 is 4.74 Å². The number of hydrogen-bond donors (Lipinski definition) is 1. The van der Waals surface area contributed by atoms with E-state index in [-0.39, 0.29) is 0 Å². The average Bonchev–Trinajstić information content (AvgIpc) is 2.26. The van der Waals surface area contributed by atoms with Gasteiger partial charge in [0.25, 0.3) is 0 Å². The van der Waals surface area contributed by atoms with Gasteiger partial charge >= 0.3 is 0 Å². The van der Waals surface area contributed by atoms with E-state index in [1.54, 1.807) is 13.3 Å². The molecule has 0 saturated heterocycles. The number of nitrogens with one attached hydrogen (secondary N) is 1. The van der Waals surface area contributed by atoms with E-state index in [1.165, 1.54) is 0 Å². The first-order chi connectivity index (χ1) is 6.77. The Kier molecular flexibility index (Phi) is 4.59. The van der Waals surface area contributed by atoms with E-state index in [0.29, 0.717) is 5.25 Å². The van der Waals surface area contributed by atoms with E-state index in [4.69, 9.17) is 4.74 Å². The number of anilines is 1. The Bertz CT molecular complexity index is 281. The van der Waals surface area contributed by atoms with Gasteiger partial charge in [-0.15, -0.1) is 0 Å². The third kappa shape index (κ3) is 3.10. The third-order valence-electron chi connectivity index (χ3n) is 1.95. The molecular weight excluding hydrogens is 196 g/mol. The molecule has 0 fully saturated rings. The summed E-state index contributed by atoms with van der Waals surface area (Å²) in [6, 6.07) is 3.76. The first kappa shape index (κ1) is 11.2. The molecular formula is C10H16N2OS. The minimum atomic E-state index is 0.571. The number of rotatable bonds is 5. The molecule has 1 heterocycles. The average molecular weight is 212 g/mol. The van der Waals surface area contributed by atoms with Gasteiger partial charge in [0.2, 0.25) is 0 Å². The molecule has 1 aromatic heterocycles. The monoisotopic (exact) mass is 212 g/mol. The second kappa shape index (κ2) is 5.75. The van der Waals surface area contributed by atoms with Gasteiger partial charge in [-0.3, -0.25) is 0 Å². The molecule has 0 aliphatic heterocycles. The molecule has 3 nitrogen and oxygen atoms in total. The van der Waals surface area contributed by atoms with Crippen LogP contribution in [0.5, 0.6) is 5.75 Å². The minimum absolute atomic E-state index is 0.571. The fraction of sp³-hybridized carbons (Fsp3) is 0.500. The van der Waals surface area contributed by atoms with Crippen molar-refractivity contribution in [3.05, 3.63) is 18.3 Å². The van der Waals surface area contributed by atoms with Crippen LogP contribution in [0.4, 0.5) is 5.82 Å². The molecule has 1 aromatic rings. The molecule has 0 aliphatic carbocycles. The fourth-order valence-electron chi connectivity index (χ4n) is 1.01. The largest absolute Gasteiger partial charge is 0.493 e. The number of aromatic nitrogens is 1. The molecule has 1 N–H and O–H groups in total. The van der Waals surface area contributed by atoms with Crippen molar-refractivity contribution in [1.82, 2.24) is 4.98 Å². The second-order valence-corrected chi connectivity index (χ2v) is 4.26. The first-order valence-corrected chi connectivity index (χ1v) is 5.82. The quantitative estimate of drug-likeness (QED) is 0.811. The lowest BCUT2D eigenvalue weighted by molar-refractivity contribution is 0.415. The molecule has 0 bridgehead atoms. The lowest BCUT2D eigenvalue weighted by Crippen LogP contribution is -2.14. The zero-order valence-electron chi connectivity index (χ0n) is 8.78. The molecule has 1 atom stereocenters. The normalized spacial score (nSPS) is 12.2. The number of nitrogens with zero attached hydrogens (tertiary/aromatic N) is 1. The van der Waals surface area contributed by atoms with Crippen molar-refractivity contribution in [2.45, 2.75) is 12.2 Å². The zero-order chi connectivity index (χ0) is 10.4. The molecule has 0 aliphatic rings. The van der Waals surface area contributed by atoms with Gasteiger partial charge < -0.3 is 10.1 Å². The van der Waals surface area contributed by atoms with E-state index in [2.05, 4.69) is 23.5 Å². The molecule has 0 amide bonds. The fourth-order valence-corrected chi connectivity index (χ4v) is 1.26. The summed E-state index contributed by atoms with van der Waals surface area (Å²) >= 11 is 1.83. The SMILES string of the molecule is COc1cccnc1NCC(C)SC. The van der Waals surface area contributed by atoms with Gasteiger partial charge in [0, 0.05) is 18.0 Å². The van der Waals surface area contributed by atoms with E-state index >= 15 is 0 Å². The van der Waals surface area contributed by atoms with Crippen molar-refractivity contribution in [2.75, 3.05) is 25.2 Å². The minimum Gasteiger partial charge on any atom is -0.493 e. The smallest absolute Gasteiger partial charge is 0.168 e. The summed E-state index contributed by atoms with van der Waals surface area (Å²) in [7, 11) is 1.65. The maximum absolute atomic E-state index is 5.18. The third-order valence-corrected chi connectivity index (χ3v) is 2.92. The van der Waals surface area contributed by atoms with Crippen LogP contribution >= 0.6 is 11.8 Å². The van der Waals surface area contributed by atoms with Crippen LogP contribution in [0.1, 0.15) is 6.92 Å². The summed E-state index contributed by atoms with van der Waals surface area (Å²) in [6.45, 7) is 3.07. The summed E-state index contributed by atoms with van der Waals surface area (Å²) in [5.74, 6) is 1.61. The molecule has 78 valence electrons. The summed E-state index contributed by atoms with van der Waals surface area (Å²) in [5.41, 5.74) is 0. The van der Waals surface area contributed by atoms with Crippen molar-refractivity contribution in [3.8, 4) is 5.75 Å². The topological polar surface area (TPSA) is 34.1 Å². The van der Waals surface area contributed by atoms with E-state index in [0.717, 1.165) is 18.1 Å². The van der Waals surface area contributed by atoms with Crippen LogP contribution in [-0.2, 0) is 0 Å². The highest BCUT2D eigenvalue weighted by atomic mass is 32.2. The van der Waals surface area contributed by atoms with Gasteiger partial charge in [0.05, 0.1) is 7.11 Å². The number of ether oxygens (including phenoxy) is 1. The van der Waals surface area contributed by atoms with E-state index < -0.39 is 0 Å². The molecule has 0 radical (unpaired) electrons. The van der Waals surface area contributed by atoms with Crippen LogP contribution in [0.3, 0.4) is 0 Å². The van der Waals surface area contributed by atoms with Crippen LogP contribution in [0.25, 0.3) is 0 Å². The Morgan fingerprint density at radius 1 is 1.64 bits per heavy atom. The summed E-state index contributed by atoms with van der Waals surface area (Å²) in [6.07, 6.45) is 3.86. The van der Waals surface area contributed by atoms with Crippen LogP contribution < -0.4 is 10.1 Å². The molecule has 0 saturated carbocycles. The maximum atomic E-state index is 5.18. The zero-order valence-corrected chi connectivity index (χ0v) is 9.60. The van der Waals surface area contributed by atoms with Crippen LogP contribution in [-0.4, -0.2) is 30.1 Å².